The Hall–Kier alpha value is -2.47. The van der Waals surface area contributed by atoms with Crippen molar-refractivity contribution >= 4 is 27.5 Å². The summed E-state index contributed by atoms with van der Waals surface area (Å²) in [4.78, 5) is 31.3. The molecule has 2 heterocycles. The van der Waals surface area contributed by atoms with Gasteiger partial charge in [-0.1, -0.05) is 30.3 Å². The van der Waals surface area contributed by atoms with Crippen molar-refractivity contribution in [3.8, 4) is 0 Å². The molecule has 0 amide bonds. The van der Waals surface area contributed by atoms with Crippen molar-refractivity contribution in [1.82, 2.24) is 9.55 Å². The van der Waals surface area contributed by atoms with Gasteiger partial charge in [0.25, 0.3) is 5.56 Å². The van der Waals surface area contributed by atoms with E-state index in [0.717, 1.165) is 35.3 Å². The summed E-state index contributed by atoms with van der Waals surface area (Å²) >= 11 is 1.48. The minimum atomic E-state index is -0.846. The van der Waals surface area contributed by atoms with Crippen LogP contribution in [0.25, 0.3) is 10.2 Å². The smallest absolute Gasteiger partial charge is 0.311 e. The predicted octanol–water partition coefficient (Wildman–Crippen LogP) is 3.51. The molecule has 0 bridgehead atoms. The monoisotopic (exact) mass is 368 g/mol. The second kappa shape index (κ2) is 6.68. The van der Waals surface area contributed by atoms with Crippen molar-refractivity contribution in [3.05, 3.63) is 62.5 Å². The zero-order valence-electron chi connectivity index (χ0n) is 14.6. The Morgan fingerprint density at radius 1 is 1.35 bits per heavy atom. The average molecular weight is 368 g/mol. The molecule has 1 aliphatic rings. The highest BCUT2D eigenvalue weighted by Crippen LogP contribution is 2.40. The molecular formula is C20H20N2O3S. The fourth-order valence-electron chi connectivity index (χ4n) is 3.81. The lowest BCUT2D eigenvalue weighted by Gasteiger charge is -2.19. The number of fused-ring (bicyclic) bond motifs is 3. The van der Waals surface area contributed by atoms with Crippen molar-refractivity contribution < 1.29 is 9.90 Å². The Morgan fingerprint density at radius 3 is 2.85 bits per heavy atom. The van der Waals surface area contributed by atoms with Crippen LogP contribution in [-0.2, 0) is 24.2 Å². The molecule has 4 rings (SSSR count). The Kier molecular flexibility index (Phi) is 4.36. The maximum Gasteiger partial charge on any atom is 0.311 e. The van der Waals surface area contributed by atoms with Gasteiger partial charge in [0.1, 0.15) is 10.7 Å². The predicted molar refractivity (Wildman–Crippen MR) is 102 cm³/mol. The number of hydrogen-bond acceptors (Lipinski definition) is 4. The third-order valence-corrected chi connectivity index (χ3v) is 6.29. The van der Waals surface area contributed by atoms with Gasteiger partial charge in [-0.15, -0.1) is 11.3 Å². The molecule has 0 saturated heterocycles. The summed E-state index contributed by atoms with van der Waals surface area (Å²) in [6, 6.07) is 10.0. The molecular weight excluding hydrogens is 348 g/mol. The molecule has 2 aromatic heterocycles. The molecule has 0 saturated carbocycles. The van der Waals surface area contributed by atoms with Gasteiger partial charge >= 0.3 is 5.97 Å². The number of carboxylic acids is 1. The van der Waals surface area contributed by atoms with Gasteiger partial charge in [0.05, 0.1) is 11.3 Å². The Morgan fingerprint density at radius 2 is 2.12 bits per heavy atom. The lowest BCUT2D eigenvalue weighted by molar-refractivity contribution is -0.139. The number of aromatic nitrogens is 2. The number of aryl methyl sites for hydroxylation is 3. The molecule has 6 heteroatoms. The second-order valence-electron chi connectivity index (χ2n) is 6.75. The second-order valence-corrected chi connectivity index (χ2v) is 7.84. The van der Waals surface area contributed by atoms with Crippen molar-refractivity contribution in [1.29, 1.82) is 0 Å². The van der Waals surface area contributed by atoms with Gasteiger partial charge < -0.3 is 5.11 Å². The summed E-state index contributed by atoms with van der Waals surface area (Å²) in [5.41, 5.74) is 1.78. The van der Waals surface area contributed by atoms with Crippen LogP contribution in [0.1, 0.15) is 40.6 Å². The maximum atomic E-state index is 13.2. The molecule has 0 spiro atoms. The number of hydrogen-bond donors (Lipinski definition) is 1. The number of nitrogens with zero attached hydrogens (tertiary/aromatic N) is 2. The first-order valence-corrected chi connectivity index (χ1v) is 9.67. The van der Waals surface area contributed by atoms with E-state index in [1.54, 1.807) is 4.57 Å². The summed E-state index contributed by atoms with van der Waals surface area (Å²) in [6.45, 7) is 2.39. The van der Waals surface area contributed by atoms with Crippen LogP contribution < -0.4 is 5.56 Å². The fourth-order valence-corrected chi connectivity index (χ4v) is 5.12. The van der Waals surface area contributed by atoms with Crippen molar-refractivity contribution in [3.63, 3.8) is 0 Å². The number of rotatable bonds is 4. The molecule has 0 aliphatic heterocycles. The van der Waals surface area contributed by atoms with E-state index in [-0.39, 0.29) is 5.56 Å². The Labute approximate surface area is 154 Å². The van der Waals surface area contributed by atoms with Crippen LogP contribution in [0, 0.1) is 6.92 Å². The largest absolute Gasteiger partial charge is 0.481 e. The summed E-state index contributed by atoms with van der Waals surface area (Å²) < 4.78 is 1.69. The Bertz CT molecular complexity index is 1040. The molecule has 1 N–H and O–H groups in total. The summed E-state index contributed by atoms with van der Waals surface area (Å²) in [5, 5.41) is 10.1. The number of aliphatic carboxylic acids is 1. The fraction of sp³-hybridized carbons (Fsp3) is 0.350. The number of carbonyl (C=O) groups is 1. The van der Waals surface area contributed by atoms with E-state index in [2.05, 4.69) is 4.98 Å². The van der Waals surface area contributed by atoms with Gasteiger partial charge in [-0.2, -0.15) is 0 Å². The summed E-state index contributed by atoms with van der Waals surface area (Å²) in [6.07, 6.45) is 3.01. The molecule has 0 radical (unpaired) electrons. The third kappa shape index (κ3) is 2.84. The van der Waals surface area contributed by atoms with Gasteiger partial charge in [0.2, 0.25) is 0 Å². The number of thiophene rings is 1. The van der Waals surface area contributed by atoms with Crippen LogP contribution >= 0.6 is 11.3 Å². The lowest BCUT2D eigenvalue weighted by Crippen LogP contribution is -2.26. The van der Waals surface area contributed by atoms with Crippen LogP contribution in [0.5, 0.6) is 0 Å². The van der Waals surface area contributed by atoms with E-state index in [1.165, 1.54) is 11.3 Å². The molecule has 1 aliphatic carbocycles. The zero-order valence-corrected chi connectivity index (χ0v) is 15.4. The molecule has 1 atom stereocenters. The quantitative estimate of drug-likeness (QED) is 0.765. The van der Waals surface area contributed by atoms with Crippen LogP contribution in [0.3, 0.4) is 0 Å². The highest BCUT2D eigenvalue weighted by molar-refractivity contribution is 7.18. The van der Waals surface area contributed by atoms with Crippen LogP contribution in [-0.4, -0.2) is 20.6 Å². The third-order valence-electron chi connectivity index (χ3n) is 5.13. The van der Waals surface area contributed by atoms with Crippen molar-refractivity contribution in [2.45, 2.75) is 45.1 Å². The van der Waals surface area contributed by atoms with Crippen molar-refractivity contribution in [2.75, 3.05) is 0 Å². The zero-order chi connectivity index (χ0) is 18.3. The van der Waals surface area contributed by atoms with Gasteiger partial charge in [-0.05, 0) is 43.7 Å². The average Bonchev–Trinajstić information content (AvgIpc) is 3.00. The highest BCUT2D eigenvalue weighted by Gasteiger charge is 2.32. The molecule has 0 fully saturated rings. The van der Waals surface area contributed by atoms with E-state index in [1.807, 2.05) is 37.3 Å². The van der Waals surface area contributed by atoms with Gasteiger partial charge in [-0.25, -0.2) is 4.98 Å². The highest BCUT2D eigenvalue weighted by atomic mass is 32.1. The van der Waals surface area contributed by atoms with Gasteiger partial charge in [0, 0.05) is 11.4 Å². The summed E-state index contributed by atoms with van der Waals surface area (Å²) in [5.74, 6) is -0.752. The SMILES string of the molecule is Cc1nc2sc3c(c2c(=O)n1CCc1ccccc1)C(C(=O)O)CCC3. The van der Waals surface area contributed by atoms with Crippen LogP contribution in [0.15, 0.2) is 35.1 Å². The van der Waals surface area contributed by atoms with E-state index >= 15 is 0 Å². The topological polar surface area (TPSA) is 72.2 Å². The van der Waals surface area contributed by atoms with Crippen LogP contribution in [0.4, 0.5) is 0 Å². The number of carboxylic acid groups (broad SMARTS) is 1. The van der Waals surface area contributed by atoms with Crippen molar-refractivity contribution in [2.24, 2.45) is 0 Å². The lowest BCUT2D eigenvalue weighted by atomic mass is 9.86. The normalized spacial score (nSPS) is 16.6. The molecule has 3 aromatic rings. The van der Waals surface area contributed by atoms with E-state index in [9.17, 15) is 14.7 Å². The molecule has 134 valence electrons. The maximum absolute atomic E-state index is 13.2. The van der Waals surface area contributed by atoms with E-state index < -0.39 is 11.9 Å². The number of benzene rings is 1. The minimum absolute atomic E-state index is 0.103. The first-order valence-electron chi connectivity index (χ1n) is 8.85. The summed E-state index contributed by atoms with van der Waals surface area (Å²) in [7, 11) is 0. The van der Waals surface area contributed by atoms with Gasteiger partial charge in [-0.3, -0.25) is 14.2 Å². The van der Waals surface area contributed by atoms with Crippen LogP contribution in [0.2, 0.25) is 0 Å². The molecule has 1 unspecified atom stereocenters. The standard InChI is InChI=1S/C20H20N2O3S/c1-12-21-18-17(16-14(20(24)25)8-5-9-15(16)26-18)19(23)22(12)11-10-13-6-3-2-4-7-13/h2-4,6-7,14H,5,8-11H2,1H3,(H,24,25). The Balaban J connectivity index is 1.81. The molecule has 5 nitrogen and oxygen atoms in total. The van der Waals surface area contributed by atoms with E-state index in [0.29, 0.717) is 29.0 Å². The molecule has 26 heavy (non-hydrogen) atoms. The minimum Gasteiger partial charge on any atom is -0.481 e. The molecule has 1 aromatic carbocycles. The first kappa shape index (κ1) is 17.0. The first-order chi connectivity index (χ1) is 12.6. The van der Waals surface area contributed by atoms with Gasteiger partial charge in [0.15, 0.2) is 0 Å². The van der Waals surface area contributed by atoms with E-state index in [4.69, 9.17) is 0 Å².